The molecule has 0 amide bonds. The molecular weight excluding hydrogens is 130 g/mol. The molecule has 1 saturated heterocycles. The highest BCUT2D eigenvalue weighted by Crippen LogP contribution is 2.05. The molecule has 0 atom stereocenters. The molecule has 4 N–H and O–H groups in total. The van der Waals surface area contributed by atoms with Gasteiger partial charge in [-0.05, 0) is 25.9 Å². The first-order valence-corrected chi connectivity index (χ1v) is 3.69. The van der Waals surface area contributed by atoms with Crippen LogP contribution in [0.2, 0.25) is 0 Å². The summed E-state index contributed by atoms with van der Waals surface area (Å²) in [7, 11) is 0. The molecular formula is C6H15N3O. The Kier molecular flexibility index (Phi) is 3.67. The zero-order valence-corrected chi connectivity index (χ0v) is 6.10. The smallest absolute Gasteiger partial charge is 0.109 e. The molecule has 1 heterocycles. The Morgan fingerprint density at radius 1 is 1.50 bits per heavy atom. The van der Waals surface area contributed by atoms with Crippen molar-refractivity contribution < 1.29 is 4.74 Å². The minimum atomic E-state index is 0.400. The molecule has 4 nitrogen and oxygen atoms in total. The van der Waals surface area contributed by atoms with E-state index in [9.17, 15) is 0 Å². The summed E-state index contributed by atoms with van der Waals surface area (Å²) in [6, 6.07) is 0. The third kappa shape index (κ3) is 2.62. The van der Waals surface area contributed by atoms with Gasteiger partial charge in [-0.1, -0.05) is 0 Å². The molecule has 1 aliphatic heterocycles. The normalized spacial score (nSPS) is 21.3. The first kappa shape index (κ1) is 7.94. The van der Waals surface area contributed by atoms with Crippen LogP contribution in [0.5, 0.6) is 0 Å². The van der Waals surface area contributed by atoms with Gasteiger partial charge in [-0.3, -0.25) is 5.84 Å². The van der Waals surface area contributed by atoms with E-state index in [0.29, 0.717) is 12.8 Å². The number of nitrogens with one attached hydrogen (secondary N) is 2. The van der Waals surface area contributed by atoms with Crippen molar-refractivity contribution in [2.24, 2.45) is 5.84 Å². The second-order valence-electron chi connectivity index (χ2n) is 2.46. The van der Waals surface area contributed by atoms with Gasteiger partial charge >= 0.3 is 0 Å². The van der Waals surface area contributed by atoms with Gasteiger partial charge in [0.2, 0.25) is 0 Å². The molecule has 0 aromatic heterocycles. The van der Waals surface area contributed by atoms with E-state index in [0.717, 1.165) is 25.9 Å². The second kappa shape index (κ2) is 4.62. The van der Waals surface area contributed by atoms with Gasteiger partial charge in [-0.25, -0.2) is 5.43 Å². The van der Waals surface area contributed by atoms with E-state index in [1.807, 2.05) is 0 Å². The Balaban J connectivity index is 2.02. The van der Waals surface area contributed by atoms with Crippen molar-refractivity contribution >= 4 is 0 Å². The van der Waals surface area contributed by atoms with Crippen LogP contribution in [0.1, 0.15) is 12.8 Å². The first-order chi connectivity index (χ1) is 4.93. The highest BCUT2D eigenvalue weighted by molar-refractivity contribution is 4.67. The third-order valence-corrected chi connectivity index (χ3v) is 1.69. The maximum absolute atomic E-state index is 5.36. The number of hydrogen-bond donors (Lipinski definition) is 3. The molecule has 0 aromatic rings. The third-order valence-electron chi connectivity index (χ3n) is 1.69. The van der Waals surface area contributed by atoms with E-state index in [1.165, 1.54) is 0 Å². The highest BCUT2D eigenvalue weighted by atomic mass is 16.5. The van der Waals surface area contributed by atoms with Gasteiger partial charge in [0.15, 0.2) is 0 Å². The van der Waals surface area contributed by atoms with E-state index in [4.69, 9.17) is 10.6 Å². The quantitative estimate of drug-likeness (QED) is 0.276. The minimum absolute atomic E-state index is 0.400. The van der Waals surface area contributed by atoms with Crippen LogP contribution in [-0.4, -0.2) is 25.9 Å². The Bertz CT molecular complexity index is 83.1. The summed E-state index contributed by atoms with van der Waals surface area (Å²) < 4.78 is 5.36. The summed E-state index contributed by atoms with van der Waals surface area (Å²) in [5, 5.41) is 3.26. The average Bonchev–Trinajstić information content (AvgIpc) is 2.03. The number of nitrogens with two attached hydrogens (primary N) is 1. The molecule has 60 valence electrons. The summed E-state index contributed by atoms with van der Waals surface area (Å²) in [5.74, 6) is 5.06. The molecule has 0 aliphatic carbocycles. The van der Waals surface area contributed by atoms with Crippen LogP contribution in [0.3, 0.4) is 0 Å². The van der Waals surface area contributed by atoms with Gasteiger partial charge in [0.25, 0.3) is 0 Å². The van der Waals surface area contributed by atoms with Crippen molar-refractivity contribution in [1.29, 1.82) is 0 Å². The zero-order chi connectivity index (χ0) is 7.23. The molecule has 1 fully saturated rings. The van der Waals surface area contributed by atoms with Crippen LogP contribution in [0.4, 0.5) is 0 Å². The molecule has 10 heavy (non-hydrogen) atoms. The van der Waals surface area contributed by atoms with E-state index < -0.39 is 0 Å². The lowest BCUT2D eigenvalue weighted by atomic mass is 10.1. The predicted molar refractivity (Wildman–Crippen MR) is 39.2 cm³/mol. The van der Waals surface area contributed by atoms with Gasteiger partial charge in [0.05, 0.1) is 6.10 Å². The van der Waals surface area contributed by atoms with E-state index >= 15 is 0 Å². The Morgan fingerprint density at radius 3 is 2.80 bits per heavy atom. The fourth-order valence-electron chi connectivity index (χ4n) is 1.13. The van der Waals surface area contributed by atoms with Crippen molar-refractivity contribution in [3.8, 4) is 0 Å². The van der Waals surface area contributed by atoms with Crippen molar-refractivity contribution in [3.05, 3.63) is 0 Å². The largest absolute Gasteiger partial charge is 0.362 e. The Morgan fingerprint density at radius 2 is 2.20 bits per heavy atom. The number of hydrazine groups is 1. The average molecular weight is 145 g/mol. The lowest BCUT2D eigenvalue weighted by molar-refractivity contribution is 0.0219. The molecule has 0 unspecified atom stereocenters. The molecule has 0 aromatic carbocycles. The van der Waals surface area contributed by atoms with Crippen molar-refractivity contribution in [1.82, 2.24) is 10.7 Å². The highest BCUT2D eigenvalue weighted by Gasteiger charge is 2.11. The number of ether oxygens (including phenoxy) is 1. The molecule has 0 saturated carbocycles. The van der Waals surface area contributed by atoms with Crippen LogP contribution in [0, 0.1) is 0 Å². The minimum Gasteiger partial charge on any atom is -0.362 e. The SMILES string of the molecule is NNCOC1CCNCC1. The maximum atomic E-state index is 5.36. The monoisotopic (exact) mass is 145 g/mol. The van der Waals surface area contributed by atoms with E-state index in [-0.39, 0.29) is 0 Å². The lowest BCUT2D eigenvalue weighted by Crippen LogP contribution is -2.35. The van der Waals surface area contributed by atoms with E-state index in [1.54, 1.807) is 0 Å². The summed E-state index contributed by atoms with van der Waals surface area (Å²) in [6.45, 7) is 2.59. The van der Waals surface area contributed by atoms with Crippen molar-refractivity contribution in [3.63, 3.8) is 0 Å². The van der Waals surface area contributed by atoms with Gasteiger partial charge in [0, 0.05) is 0 Å². The molecule has 0 spiro atoms. The standard InChI is InChI=1S/C6H15N3O/c7-9-5-10-6-1-3-8-4-2-6/h6,8-9H,1-5,7H2. The maximum Gasteiger partial charge on any atom is 0.109 e. The van der Waals surface area contributed by atoms with Crippen molar-refractivity contribution in [2.75, 3.05) is 19.8 Å². The number of rotatable bonds is 3. The number of piperidine rings is 1. The van der Waals surface area contributed by atoms with Gasteiger partial charge in [-0.15, -0.1) is 0 Å². The summed E-state index contributed by atoms with van der Waals surface area (Å²) in [5.41, 5.74) is 2.47. The van der Waals surface area contributed by atoms with E-state index in [2.05, 4.69) is 10.7 Å². The summed E-state index contributed by atoms with van der Waals surface area (Å²) in [4.78, 5) is 0. The first-order valence-electron chi connectivity index (χ1n) is 3.69. The predicted octanol–water partition coefficient (Wildman–Crippen LogP) is -0.824. The molecule has 0 radical (unpaired) electrons. The van der Waals surface area contributed by atoms with Gasteiger partial charge < -0.3 is 10.1 Å². The molecule has 1 rings (SSSR count). The Hall–Kier alpha value is -0.160. The molecule has 4 heteroatoms. The van der Waals surface area contributed by atoms with Crippen molar-refractivity contribution in [2.45, 2.75) is 18.9 Å². The molecule has 0 bridgehead atoms. The molecule has 1 aliphatic rings. The second-order valence-corrected chi connectivity index (χ2v) is 2.46. The topological polar surface area (TPSA) is 59.3 Å². The lowest BCUT2D eigenvalue weighted by Gasteiger charge is -2.22. The van der Waals surface area contributed by atoms with Crippen LogP contribution >= 0.6 is 0 Å². The van der Waals surface area contributed by atoms with Crippen LogP contribution in [0.15, 0.2) is 0 Å². The Labute approximate surface area is 61.1 Å². The fourth-order valence-corrected chi connectivity index (χ4v) is 1.13. The number of hydrogen-bond acceptors (Lipinski definition) is 4. The zero-order valence-electron chi connectivity index (χ0n) is 6.10. The van der Waals surface area contributed by atoms with Crippen LogP contribution in [-0.2, 0) is 4.74 Å². The fraction of sp³-hybridized carbons (Fsp3) is 1.00. The summed E-state index contributed by atoms with van der Waals surface area (Å²) >= 11 is 0. The van der Waals surface area contributed by atoms with Gasteiger partial charge in [0.1, 0.15) is 6.73 Å². The van der Waals surface area contributed by atoms with Crippen LogP contribution < -0.4 is 16.6 Å². The summed E-state index contributed by atoms with van der Waals surface area (Å²) in [6.07, 6.45) is 2.60. The van der Waals surface area contributed by atoms with Gasteiger partial charge in [-0.2, -0.15) is 0 Å². The van der Waals surface area contributed by atoms with Crippen LogP contribution in [0.25, 0.3) is 0 Å².